The van der Waals surface area contributed by atoms with E-state index in [1.54, 1.807) is 6.92 Å². The number of carbonyl (C=O) groups excluding carboxylic acids is 1. The van der Waals surface area contributed by atoms with Crippen molar-refractivity contribution in [2.24, 2.45) is 0 Å². The largest absolute Gasteiger partial charge is 0.416 e. The summed E-state index contributed by atoms with van der Waals surface area (Å²) in [5.74, 6) is 0.967. The molecule has 0 aliphatic carbocycles. The normalized spacial score (nSPS) is 16.0. The molecule has 2 aromatic rings. The summed E-state index contributed by atoms with van der Waals surface area (Å²) in [4.78, 5) is 12.3. The van der Waals surface area contributed by atoms with Crippen molar-refractivity contribution in [2.75, 3.05) is 0 Å². The zero-order chi connectivity index (χ0) is 18.0. The molecule has 1 amide bonds. The first-order chi connectivity index (χ1) is 11.9. The predicted molar refractivity (Wildman–Crippen MR) is 84.9 cm³/mol. The van der Waals surface area contributed by atoms with Gasteiger partial charge < -0.3 is 9.88 Å². The molecule has 8 heteroatoms. The summed E-state index contributed by atoms with van der Waals surface area (Å²) < 4.78 is 40.4. The fraction of sp³-hybridized carbons (Fsp3) is 0.471. The first-order valence-corrected chi connectivity index (χ1v) is 8.26. The van der Waals surface area contributed by atoms with Gasteiger partial charge in [-0.05, 0) is 38.0 Å². The number of carbonyl (C=O) groups is 1. The van der Waals surface area contributed by atoms with Crippen LogP contribution in [0.5, 0.6) is 0 Å². The molecule has 0 bridgehead atoms. The van der Waals surface area contributed by atoms with E-state index in [0.717, 1.165) is 50.2 Å². The Morgan fingerprint density at radius 2 is 2.04 bits per heavy atom. The maximum Gasteiger partial charge on any atom is 0.416 e. The lowest BCUT2D eigenvalue weighted by Crippen LogP contribution is -2.29. The van der Waals surface area contributed by atoms with Crippen LogP contribution < -0.4 is 5.32 Å². The highest BCUT2D eigenvalue weighted by molar-refractivity contribution is 5.94. The molecule has 134 valence electrons. The minimum atomic E-state index is -4.48. The summed E-state index contributed by atoms with van der Waals surface area (Å²) in [6.07, 6.45) is -0.434. The van der Waals surface area contributed by atoms with Crippen LogP contribution in [0.25, 0.3) is 0 Å². The molecule has 0 spiro atoms. The van der Waals surface area contributed by atoms with Crippen molar-refractivity contribution < 1.29 is 18.0 Å². The molecule has 0 fully saturated rings. The molecule has 1 aromatic carbocycles. The maximum absolute atomic E-state index is 12.8. The lowest BCUT2D eigenvalue weighted by molar-refractivity contribution is -0.137. The third-order valence-electron chi connectivity index (χ3n) is 4.33. The van der Waals surface area contributed by atoms with Crippen molar-refractivity contribution in [3.05, 3.63) is 47.0 Å². The second-order valence-electron chi connectivity index (χ2n) is 6.21. The number of benzene rings is 1. The van der Waals surface area contributed by atoms with Gasteiger partial charge in [0.15, 0.2) is 5.82 Å². The zero-order valence-electron chi connectivity index (χ0n) is 13.8. The Balaban J connectivity index is 1.76. The number of halogens is 3. The number of hydrogen-bond acceptors (Lipinski definition) is 3. The first-order valence-electron chi connectivity index (χ1n) is 8.26. The molecule has 1 aromatic heterocycles. The summed E-state index contributed by atoms with van der Waals surface area (Å²) >= 11 is 0. The second kappa shape index (κ2) is 6.85. The quantitative estimate of drug-likeness (QED) is 0.920. The van der Waals surface area contributed by atoms with Gasteiger partial charge in [0.2, 0.25) is 0 Å². The highest BCUT2D eigenvalue weighted by Gasteiger charge is 2.31. The highest BCUT2D eigenvalue weighted by atomic mass is 19.4. The number of aromatic nitrogens is 3. The van der Waals surface area contributed by atoms with Gasteiger partial charge in [-0.15, -0.1) is 10.2 Å². The van der Waals surface area contributed by atoms with Gasteiger partial charge in [-0.1, -0.05) is 12.5 Å². The van der Waals surface area contributed by atoms with Crippen LogP contribution in [0, 0.1) is 0 Å². The van der Waals surface area contributed by atoms with E-state index in [9.17, 15) is 18.0 Å². The van der Waals surface area contributed by atoms with Crippen molar-refractivity contribution in [3.8, 4) is 0 Å². The third-order valence-corrected chi connectivity index (χ3v) is 4.33. The highest BCUT2D eigenvalue weighted by Crippen LogP contribution is 2.29. The zero-order valence-corrected chi connectivity index (χ0v) is 13.8. The molecule has 0 unspecified atom stereocenters. The Morgan fingerprint density at radius 1 is 1.24 bits per heavy atom. The van der Waals surface area contributed by atoms with Crippen molar-refractivity contribution in [2.45, 2.75) is 51.4 Å². The van der Waals surface area contributed by atoms with Crippen molar-refractivity contribution >= 4 is 5.91 Å². The fourth-order valence-electron chi connectivity index (χ4n) is 3.01. The third kappa shape index (κ3) is 3.83. The number of aryl methyl sites for hydroxylation is 1. The lowest BCUT2D eigenvalue weighted by Gasteiger charge is -2.16. The van der Waals surface area contributed by atoms with Gasteiger partial charge in [0.1, 0.15) is 5.82 Å². The van der Waals surface area contributed by atoms with E-state index in [-0.39, 0.29) is 5.56 Å². The molecule has 3 rings (SSSR count). The number of rotatable bonds is 3. The Kier molecular flexibility index (Phi) is 4.78. The van der Waals surface area contributed by atoms with E-state index >= 15 is 0 Å². The Hall–Kier alpha value is -2.38. The summed E-state index contributed by atoms with van der Waals surface area (Å²) in [7, 11) is 0. The molecule has 0 saturated heterocycles. The summed E-state index contributed by atoms with van der Waals surface area (Å²) in [5, 5.41) is 11.1. The van der Waals surface area contributed by atoms with Crippen LogP contribution in [-0.2, 0) is 19.1 Å². The number of amides is 1. The molecule has 0 radical (unpaired) electrons. The van der Waals surface area contributed by atoms with Crippen LogP contribution in [0.3, 0.4) is 0 Å². The molecule has 1 aliphatic rings. The standard InChI is InChI=1S/C17H19F3N4O/c1-11(15-23-22-14-8-3-2-4-9-24(14)15)21-16(25)12-6-5-7-13(10-12)17(18,19)20/h5-7,10-11H,2-4,8-9H2,1H3,(H,21,25)/t11-/m0/s1. The van der Waals surface area contributed by atoms with Gasteiger partial charge in [-0.2, -0.15) is 13.2 Å². The molecule has 1 aliphatic heterocycles. The molecule has 2 heterocycles. The van der Waals surface area contributed by atoms with Crippen LogP contribution in [0.15, 0.2) is 24.3 Å². The van der Waals surface area contributed by atoms with Crippen molar-refractivity contribution in [3.63, 3.8) is 0 Å². The maximum atomic E-state index is 12.8. The van der Waals surface area contributed by atoms with E-state index < -0.39 is 23.7 Å². The van der Waals surface area contributed by atoms with Gasteiger partial charge in [0.25, 0.3) is 5.91 Å². The smallest absolute Gasteiger partial charge is 0.342 e. The first kappa shape index (κ1) is 17.4. The number of hydrogen-bond donors (Lipinski definition) is 1. The number of nitrogens with zero attached hydrogens (tertiary/aromatic N) is 3. The van der Waals surface area contributed by atoms with Crippen LogP contribution >= 0.6 is 0 Å². The summed E-state index contributed by atoms with van der Waals surface area (Å²) in [6, 6.07) is 3.94. The van der Waals surface area contributed by atoms with Crippen LogP contribution in [0.1, 0.15) is 59.8 Å². The van der Waals surface area contributed by atoms with Crippen LogP contribution in [0.2, 0.25) is 0 Å². The predicted octanol–water partition coefficient (Wildman–Crippen LogP) is 3.51. The molecule has 25 heavy (non-hydrogen) atoms. The average molecular weight is 352 g/mol. The van der Waals surface area contributed by atoms with Gasteiger partial charge in [0, 0.05) is 18.5 Å². The minimum absolute atomic E-state index is 0.0303. The molecule has 1 atom stereocenters. The van der Waals surface area contributed by atoms with E-state index in [0.29, 0.717) is 5.82 Å². The van der Waals surface area contributed by atoms with E-state index in [2.05, 4.69) is 15.5 Å². The molecule has 5 nitrogen and oxygen atoms in total. The average Bonchev–Trinajstić information content (AvgIpc) is 2.83. The second-order valence-corrected chi connectivity index (χ2v) is 6.21. The van der Waals surface area contributed by atoms with E-state index in [1.807, 2.05) is 4.57 Å². The summed E-state index contributed by atoms with van der Waals surface area (Å²) in [5.41, 5.74) is -0.874. The van der Waals surface area contributed by atoms with Gasteiger partial charge in [-0.3, -0.25) is 4.79 Å². The van der Waals surface area contributed by atoms with Crippen molar-refractivity contribution in [1.29, 1.82) is 0 Å². The van der Waals surface area contributed by atoms with Gasteiger partial charge >= 0.3 is 6.18 Å². The van der Waals surface area contributed by atoms with Crippen LogP contribution in [0.4, 0.5) is 13.2 Å². The Morgan fingerprint density at radius 3 is 2.80 bits per heavy atom. The Bertz CT molecular complexity index is 769. The molecule has 1 N–H and O–H groups in total. The SMILES string of the molecule is C[C@H](NC(=O)c1cccc(C(F)(F)F)c1)c1nnc2n1CCCCC2. The topological polar surface area (TPSA) is 59.8 Å². The van der Waals surface area contributed by atoms with Crippen LogP contribution in [-0.4, -0.2) is 20.7 Å². The molecule has 0 saturated carbocycles. The Labute approximate surface area is 143 Å². The number of nitrogens with one attached hydrogen (secondary N) is 1. The van der Waals surface area contributed by atoms with Gasteiger partial charge in [0.05, 0.1) is 11.6 Å². The van der Waals surface area contributed by atoms with Crippen molar-refractivity contribution in [1.82, 2.24) is 20.1 Å². The van der Waals surface area contributed by atoms with E-state index in [1.165, 1.54) is 12.1 Å². The summed E-state index contributed by atoms with van der Waals surface area (Å²) in [6.45, 7) is 2.55. The van der Waals surface area contributed by atoms with E-state index in [4.69, 9.17) is 0 Å². The van der Waals surface area contributed by atoms with Gasteiger partial charge in [-0.25, -0.2) is 0 Å². The number of alkyl halides is 3. The molecular formula is C17H19F3N4O. The fourth-order valence-corrected chi connectivity index (χ4v) is 3.01. The molecular weight excluding hydrogens is 333 g/mol. The monoisotopic (exact) mass is 352 g/mol. The minimum Gasteiger partial charge on any atom is -0.342 e. The lowest BCUT2D eigenvalue weighted by atomic mass is 10.1. The number of fused-ring (bicyclic) bond motifs is 1.